The number of hydrogen-bond donors (Lipinski definition) is 1. The fraction of sp³-hybridized carbons (Fsp3) is 0.368. The molecule has 21 heavy (non-hydrogen) atoms. The zero-order valence-corrected chi connectivity index (χ0v) is 13.2. The molecule has 2 heteroatoms. The van der Waals surface area contributed by atoms with Gasteiger partial charge in [-0.1, -0.05) is 67.1 Å². The Labute approximate surface area is 132 Å². The molecule has 1 aliphatic rings. The van der Waals surface area contributed by atoms with E-state index in [4.69, 9.17) is 11.6 Å². The molecule has 1 saturated heterocycles. The molecule has 0 spiro atoms. The summed E-state index contributed by atoms with van der Waals surface area (Å²) in [4.78, 5) is 0. The van der Waals surface area contributed by atoms with Gasteiger partial charge >= 0.3 is 0 Å². The van der Waals surface area contributed by atoms with E-state index in [0.29, 0.717) is 5.92 Å². The van der Waals surface area contributed by atoms with Gasteiger partial charge in [0, 0.05) is 17.5 Å². The summed E-state index contributed by atoms with van der Waals surface area (Å²) in [5, 5.41) is 4.44. The summed E-state index contributed by atoms with van der Waals surface area (Å²) in [5.74, 6) is 0.458. The van der Waals surface area contributed by atoms with Crippen LogP contribution in [0.2, 0.25) is 5.02 Å². The summed E-state index contributed by atoms with van der Waals surface area (Å²) in [6, 6.07) is 19.1. The highest BCUT2D eigenvalue weighted by atomic mass is 35.5. The van der Waals surface area contributed by atoms with Crippen molar-refractivity contribution >= 4 is 11.6 Å². The molecule has 2 aromatic carbocycles. The second kappa shape index (κ2) is 6.21. The number of rotatable bonds is 3. The molecule has 1 fully saturated rings. The average molecular weight is 300 g/mol. The predicted octanol–water partition coefficient (Wildman–Crippen LogP) is 4.67. The number of nitrogens with one attached hydrogen (secondary N) is 1. The molecule has 2 atom stereocenters. The van der Waals surface area contributed by atoms with Crippen LogP contribution in [0.15, 0.2) is 54.6 Å². The van der Waals surface area contributed by atoms with Crippen molar-refractivity contribution in [1.82, 2.24) is 5.32 Å². The molecule has 110 valence electrons. The summed E-state index contributed by atoms with van der Waals surface area (Å²) in [6.07, 6.45) is 2.28. The lowest BCUT2D eigenvalue weighted by Crippen LogP contribution is -2.43. The summed E-state index contributed by atoms with van der Waals surface area (Å²) < 4.78 is 0. The number of piperidine rings is 1. The van der Waals surface area contributed by atoms with E-state index < -0.39 is 0 Å². The van der Waals surface area contributed by atoms with Gasteiger partial charge in [-0.3, -0.25) is 0 Å². The molecule has 0 radical (unpaired) electrons. The van der Waals surface area contributed by atoms with Crippen LogP contribution in [0.1, 0.15) is 30.4 Å². The molecule has 0 saturated carbocycles. The molecule has 0 bridgehead atoms. The van der Waals surface area contributed by atoms with Gasteiger partial charge in [-0.05, 0) is 42.0 Å². The van der Waals surface area contributed by atoms with E-state index in [1.165, 1.54) is 17.5 Å². The molecule has 1 N–H and O–H groups in total. The monoisotopic (exact) mass is 299 g/mol. The third-order valence-corrected chi connectivity index (χ3v) is 5.14. The van der Waals surface area contributed by atoms with Crippen LogP contribution in [0.4, 0.5) is 0 Å². The smallest absolute Gasteiger partial charge is 0.0441 e. The Morgan fingerprint density at radius 2 is 1.81 bits per heavy atom. The quantitative estimate of drug-likeness (QED) is 0.869. The molecule has 1 heterocycles. The van der Waals surface area contributed by atoms with Crippen LogP contribution in [-0.4, -0.2) is 13.1 Å². The first-order chi connectivity index (χ1) is 10.2. The third-order valence-electron chi connectivity index (χ3n) is 4.79. The fourth-order valence-electron chi connectivity index (χ4n) is 3.56. The third kappa shape index (κ3) is 3.14. The lowest BCUT2D eigenvalue weighted by atomic mass is 9.66. The van der Waals surface area contributed by atoms with Crippen molar-refractivity contribution in [3.63, 3.8) is 0 Å². The minimum atomic E-state index is 0.248. The molecule has 3 rings (SSSR count). The first-order valence-corrected chi connectivity index (χ1v) is 8.06. The van der Waals surface area contributed by atoms with E-state index in [9.17, 15) is 0 Å². The summed E-state index contributed by atoms with van der Waals surface area (Å²) >= 11 is 6.46. The highest BCUT2D eigenvalue weighted by Gasteiger charge is 2.38. The van der Waals surface area contributed by atoms with Crippen molar-refractivity contribution in [2.75, 3.05) is 13.1 Å². The van der Waals surface area contributed by atoms with Crippen LogP contribution in [0.5, 0.6) is 0 Å². The van der Waals surface area contributed by atoms with Crippen molar-refractivity contribution in [3.8, 4) is 0 Å². The first-order valence-electron chi connectivity index (χ1n) is 7.68. The van der Waals surface area contributed by atoms with Crippen LogP contribution in [0.3, 0.4) is 0 Å². The Morgan fingerprint density at radius 1 is 1.10 bits per heavy atom. The Kier molecular flexibility index (Phi) is 4.32. The molecular weight excluding hydrogens is 278 g/mol. The molecule has 0 amide bonds. The minimum absolute atomic E-state index is 0.248. The molecule has 2 unspecified atom stereocenters. The molecular formula is C19H22ClN. The number of benzene rings is 2. The summed E-state index contributed by atoms with van der Waals surface area (Å²) in [5.41, 5.74) is 2.95. The Balaban J connectivity index is 1.92. The van der Waals surface area contributed by atoms with Gasteiger partial charge in [-0.2, -0.15) is 0 Å². The number of hydrogen-bond acceptors (Lipinski definition) is 1. The van der Waals surface area contributed by atoms with Crippen LogP contribution in [-0.2, 0) is 6.42 Å². The van der Waals surface area contributed by atoms with Gasteiger partial charge in [0.25, 0.3) is 0 Å². The SMILES string of the molecule is CC1(Cc2ccccc2)CCNCC1c1ccccc1Cl. The maximum atomic E-state index is 6.46. The van der Waals surface area contributed by atoms with E-state index in [1.54, 1.807) is 0 Å². The Hall–Kier alpha value is -1.31. The van der Waals surface area contributed by atoms with Crippen molar-refractivity contribution in [2.45, 2.75) is 25.7 Å². The zero-order chi connectivity index (χ0) is 14.7. The van der Waals surface area contributed by atoms with Crippen LogP contribution in [0.25, 0.3) is 0 Å². The largest absolute Gasteiger partial charge is 0.316 e. The maximum Gasteiger partial charge on any atom is 0.0441 e. The van der Waals surface area contributed by atoms with Crippen LogP contribution in [0, 0.1) is 5.41 Å². The van der Waals surface area contributed by atoms with Crippen LogP contribution < -0.4 is 5.32 Å². The van der Waals surface area contributed by atoms with E-state index in [2.05, 4.69) is 54.7 Å². The van der Waals surface area contributed by atoms with Gasteiger partial charge in [0.2, 0.25) is 0 Å². The maximum absolute atomic E-state index is 6.46. The topological polar surface area (TPSA) is 12.0 Å². The van der Waals surface area contributed by atoms with Crippen molar-refractivity contribution < 1.29 is 0 Å². The summed E-state index contributed by atoms with van der Waals surface area (Å²) in [7, 11) is 0. The molecule has 1 nitrogen and oxygen atoms in total. The first kappa shape index (κ1) is 14.6. The molecule has 0 aromatic heterocycles. The number of halogens is 1. The van der Waals surface area contributed by atoms with Crippen molar-refractivity contribution in [2.24, 2.45) is 5.41 Å². The molecule has 1 aliphatic heterocycles. The highest BCUT2D eigenvalue weighted by Crippen LogP contribution is 2.44. The van der Waals surface area contributed by atoms with E-state index in [1.807, 2.05) is 12.1 Å². The lowest BCUT2D eigenvalue weighted by Gasteiger charge is -2.43. The van der Waals surface area contributed by atoms with Gasteiger partial charge < -0.3 is 5.32 Å². The van der Waals surface area contributed by atoms with E-state index in [0.717, 1.165) is 24.5 Å². The lowest BCUT2D eigenvalue weighted by molar-refractivity contribution is 0.187. The van der Waals surface area contributed by atoms with Crippen molar-refractivity contribution in [1.29, 1.82) is 0 Å². The Bertz CT molecular complexity index is 596. The second-order valence-corrected chi connectivity index (χ2v) is 6.75. The average Bonchev–Trinajstić information content (AvgIpc) is 2.49. The molecule has 2 aromatic rings. The normalized spacial score (nSPS) is 25.7. The van der Waals surface area contributed by atoms with Gasteiger partial charge in [0.15, 0.2) is 0 Å². The van der Waals surface area contributed by atoms with Gasteiger partial charge in [0.05, 0.1) is 0 Å². The predicted molar refractivity (Wildman–Crippen MR) is 89.9 cm³/mol. The molecule has 0 aliphatic carbocycles. The highest BCUT2D eigenvalue weighted by molar-refractivity contribution is 6.31. The minimum Gasteiger partial charge on any atom is -0.316 e. The standard InChI is InChI=1S/C19H22ClN/c1-19(13-15-7-3-2-4-8-15)11-12-21-14-17(19)16-9-5-6-10-18(16)20/h2-10,17,21H,11-14H2,1H3. The van der Waals surface area contributed by atoms with Crippen molar-refractivity contribution in [3.05, 3.63) is 70.7 Å². The van der Waals surface area contributed by atoms with E-state index >= 15 is 0 Å². The van der Waals surface area contributed by atoms with Gasteiger partial charge in [-0.15, -0.1) is 0 Å². The Morgan fingerprint density at radius 3 is 2.57 bits per heavy atom. The van der Waals surface area contributed by atoms with E-state index in [-0.39, 0.29) is 5.41 Å². The van der Waals surface area contributed by atoms with Gasteiger partial charge in [0.1, 0.15) is 0 Å². The zero-order valence-electron chi connectivity index (χ0n) is 12.5. The summed E-state index contributed by atoms with van der Waals surface area (Å²) in [6.45, 7) is 4.51. The van der Waals surface area contributed by atoms with Crippen LogP contribution >= 0.6 is 11.6 Å². The fourth-order valence-corrected chi connectivity index (χ4v) is 3.83. The van der Waals surface area contributed by atoms with Gasteiger partial charge in [-0.25, -0.2) is 0 Å². The second-order valence-electron chi connectivity index (χ2n) is 6.34.